The van der Waals surface area contributed by atoms with Gasteiger partial charge in [0.2, 0.25) is 0 Å². The van der Waals surface area contributed by atoms with Gasteiger partial charge < -0.3 is 14.2 Å². The molecule has 3 aromatic rings. The lowest BCUT2D eigenvalue weighted by Gasteiger charge is -2.09. The van der Waals surface area contributed by atoms with Crippen LogP contribution in [0, 0.1) is 0 Å². The molecule has 0 fully saturated rings. The van der Waals surface area contributed by atoms with Gasteiger partial charge in [-0.2, -0.15) is 5.10 Å². The molecule has 0 spiro atoms. The van der Waals surface area contributed by atoms with Gasteiger partial charge in [-0.05, 0) is 36.4 Å². The van der Waals surface area contributed by atoms with Crippen LogP contribution in [0.25, 0.3) is 5.69 Å². The Balaban J connectivity index is 2.05. The number of methoxy groups -OCH3 is 3. The Bertz CT molecular complexity index is 1210. The van der Waals surface area contributed by atoms with Crippen molar-refractivity contribution in [3.8, 4) is 11.4 Å². The number of esters is 2. The number of rotatable bonds is 7. The molecule has 3 rings (SSSR count). The van der Waals surface area contributed by atoms with Crippen LogP contribution in [0.3, 0.4) is 0 Å². The number of sulfone groups is 1. The van der Waals surface area contributed by atoms with Crippen molar-refractivity contribution in [3.05, 3.63) is 71.5 Å². The quantitative estimate of drug-likeness (QED) is 0.511. The van der Waals surface area contributed by atoms with E-state index in [0.717, 1.165) is 0 Å². The van der Waals surface area contributed by atoms with E-state index in [9.17, 15) is 18.0 Å². The van der Waals surface area contributed by atoms with Gasteiger partial charge in [-0.25, -0.2) is 22.7 Å². The maximum Gasteiger partial charge on any atom is 0.358 e. The summed E-state index contributed by atoms with van der Waals surface area (Å²) < 4.78 is 42.2. The molecule has 0 amide bonds. The van der Waals surface area contributed by atoms with E-state index in [0.29, 0.717) is 11.4 Å². The van der Waals surface area contributed by atoms with Crippen molar-refractivity contribution in [2.45, 2.75) is 10.6 Å². The van der Waals surface area contributed by atoms with Crippen LogP contribution in [0.5, 0.6) is 5.75 Å². The van der Waals surface area contributed by atoms with Gasteiger partial charge in [0.05, 0.1) is 43.2 Å². The van der Waals surface area contributed by atoms with Crippen molar-refractivity contribution < 1.29 is 32.2 Å². The standard InChI is InChI=1S/C21H20N2O7S/c1-28-16-10-8-15(9-11-16)23-12-14(19(22-23)21(25)30-3)13-31(26,27)18-7-5-4-6-17(18)20(24)29-2/h4-12H,13H2,1-3H3. The second kappa shape index (κ2) is 9.00. The molecule has 2 aromatic carbocycles. The monoisotopic (exact) mass is 444 g/mol. The molecule has 31 heavy (non-hydrogen) atoms. The van der Waals surface area contributed by atoms with Crippen molar-refractivity contribution in [1.29, 1.82) is 0 Å². The van der Waals surface area contributed by atoms with Gasteiger partial charge in [0.1, 0.15) is 5.75 Å². The van der Waals surface area contributed by atoms with Gasteiger partial charge in [-0.15, -0.1) is 0 Å². The van der Waals surface area contributed by atoms with Crippen molar-refractivity contribution in [3.63, 3.8) is 0 Å². The fraction of sp³-hybridized carbons (Fsp3) is 0.190. The zero-order valence-corrected chi connectivity index (χ0v) is 17.9. The number of benzene rings is 2. The van der Waals surface area contributed by atoms with E-state index in [1.165, 1.54) is 56.5 Å². The highest BCUT2D eigenvalue weighted by Gasteiger charge is 2.27. The van der Waals surface area contributed by atoms with E-state index in [4.69, 9.17) is 9.47 Å². The highest BCUT2D eigenvalue weighted by molar-refractivity contribution is 7.90. The average molecular weight is 444 g/mol. The first-order chi connectivity index (χ1) is 14.8. The van der Waals surface area contributed by atoms with Crippen molar-refractivity contribution in [1.82, 2.24) is 9.78 Å². The van der Waals surface area contributed by atoms with E-state index in [1.54, 1.807) is 24.3 Å². The van der Waals surface area contributed by atoms with Crippen LogP contribution in [0.1, 0.15) is 26.4 Å². The average Bonchev–Trinajstić information content (AvgIpc) is 3.21. The number of aromatic nitrogens is 2. The van der Waals surface area contributed by atoms with Crippen LogP contribution in [-0.4, -0.2) is 51.5 Å². The smallest absolute Gasteiger partial charge is 0.358 e. The summed E-state index contributed by atoms with van der Waals surface area (Å²) in [5.41, 5.74) is 0.483. The molecule has 0 aliphatic heterocycles. The van der Waals surface area contributed by atoms with Crippen molar-refractivity contribution >= 4 is 21.8 Å². The van der Waals surface area contributed by atoms with Crippen LogP contribution >= 0.6 is 0 Å². The molecule has 0 bridgehead atoms. The largest absolute Gasteiger partial charge is 0.497 e. The number of carbonyl (C=O) groups excluding carboxylic acids is 2. The molecule has 1 heterocycles. The molecule has 0 saturated heterocycles. The lowest BCUT2D eigenvalue weighted by Crippen LogP contribution is -2.14. The third-order valence-electron chi connectivity index (χ3n) is 4.48. The fourth-order valence-corrected chi connectivity index (χ4v) is 4.50. The summed E-state index contributed by atoms with van der Waals surface area (Å²) in [6.07, 6.45) is 1.44. The second-order valence-electron chi connectivity index (χ2n) is 6.38. The molecule has 0 aliphatic rings. The van der Waals surface area contributed by atoms with E-state index in [-0.39, 0.29) is 21.7 Å². The van der Waals surface area contributed by atoms with E-state index in [2.05, 4.69) is 9.84 Å². The number of hydrogen-bond donors (Lipinski definition) is 0. The van der Waals surface area contributed by atoms with Gasteiger partial charge in [0.15, 0.2) is 15.5 Å². The Morgan fingerprint density at radius 1 is 0.935 bits per heavy atom. The molecular weight excluding hydrogens is 424 g/mol. The molecule has 162 valence electrons. The Labute approximate surface area is 179 Å². The molecule has 1 aromatic heterocycles. The highest BCUT2D eigenvalue weighted by Crippen LogP contribution is 2.24. The molecule has 0 atom stereocenters. The van der Waals surface area contributed by atoms with E-state index >= 15 is 0 Å². The van der Waals surface area contributed by atoms with Gasteiger partial charge in [0, 0.05) is 11.8 Å². The van der Waals surface area contributed by atoms with Crippen LogP contribution in [-0.2, 0) is 25.1 Å². The zero-order valence-electron chi connectivity index (χ0n) is 17.1. The van der Waals surface area contributed by atoms with Crippen LogP contribution in [0.15, 0.2) is 59.6 Å². The Morgan fingerprint density at radius 3 is 2.19 bits per heavy atom. The maximum absolute atomic E-state index is 13.1. The molecular formula is C21H20N2O7S. The van der Waals surface area contributed by atoms with Gasteiger partial charge in [-0.3, -0.25) is 0 Å². The van der Waals surface area contributed by atoms with Crippen LogP contribution in [0.4, 0.5) is 0 Å². The number of ether oxygens (including phenoxy) is 3. The number of nitrogens with zero attached hydrogens (tertiary/aromatic N) is 2. The van der Waals surface area contributed by atoms with Crippen LogP contribution in [0.2, 0.25) is 0 Å². The van der Waals surface area contributed by atoms with E-state index < -0.39 is 27.5 Å². The zero-order chi connectivity index (χ0) is 22.6. The minimum absolute atomic E-state index is 0.0906. The first-order valence-corrected chi connectivity index (χ1v) is 10.7. The highest BCUT2D eigenvalue weighted by atomic mass is 32.2. The van der Waals surface area contributed by atoms with Gasteiger partial charge in [-0.1, -0.05) is 12.1 Å². The molecule has 0 unspecified atom stereocenters. The molecule has 10 heteroatoms. The van der Waals surface area contributed by atoms with Gasteiger partial charge >= 0.3 is 11.9 Å². The Hall–Kier alpha value is -3.66. The summed E-state index contributed by atoms with van der Waals surface area (Å²) in [6.45, 7) is 0. The molecule has 0 N–H and O–H groups in total. The molecule has 0 aliphatic carbocycles. The van der Waals surface area contributed by atoms with Gasteiger partial charge in [0.25, 0.3) is 0 Å². The Morgan fingerprint density at radius 2 is 1.58 bits per heavy atom. The third-order valence-corrected chi connectivity index (χ3v) is 6.20. The molecule has 9 nitrogen and oxygen atoms in total. The first-order valence-electron chi connectivity index (χ1n) is 9.02. The van der Waals surface area contributed by atoms with Crippen molar-refractivity contribution in [2.75, 3.05) is 21.3 Å². The maximum atomic E-state index is 13.1. The molecule has 0 saturated carbocycles. The second-order valence-corrected chi connectivity index (χ2v) is 8.34. The first kappa shape index (κ1) is 22.0. The lowest BCUT2D eigenvalue weighted by molar-refractivity contribution is 0.0585. The summed E-state index contributed by atoms with van der Waals surface area (Å²) in [5, 5.41) is 4.20. The number of hydrogen-bond acceptors (Lipinski definition) is 8. The van der Waals surface area contributed by atoms with Crippen LogP contribution < -0.4 is 4.74 Å². The minimum Gasteiger partial charge on any atom is -0.497 e. The lowest BCUT2D eigenvalue weighted by atomic mass is 10.2. The summed E-state index contributed by atoms with van der Waals surface area (Å²) >= 11 is 0. The normalized spacial score (nSPS) is 11.1. The SMILES string of the molecule is COC(=O)c1ccccc1S(=O)(=O)Cc1cn(-c2ccc(OC)cc2)nc1C(=O)OC. The summed E-state index contributed by atoms with van der Waals surface area (Å²) in [7, 11) is -0.143. The fourth-order valence-electron chi connectivity index (χ4n) is 2.95. The summed E-state index contributed by atoms with van der Waals surface area (Å²) in [4.78, 5) is 24.0. The van der Waals surface area contributed by atoms with E-state index in [1.807, 2.05) is 0 Å². The minimum atomic E-state index is -4.02. The third kappa shape index (κ3) is 4.58. The van der Waals surface area contributed by atoms with Crippen molar-refractivity contribution in [2.24, 2.45) is 0 Å². The summed E-state index contributed by atoms with van der Waals surface area (Å²) in [6, 6.07) is 12.5. The summed E-state index contributed by atoms with van der Waals surface area (Å²) in [5.74, 6) is -1.49. The molecule has 0 radical (unpaired) electrons. The topological polar surface area (TPSA) is 114 Å². The number of carbonyl (C=O) groups is 2. The predicted molar refractivity (Wildman–Crippen MR) is 110 cm³/mol. The predicted octanol–water partition coefficient (Wildman–Crippen LogP) is 2.43. The Kier molecular flexibility index (Phi) is 6.40.